The van der Waals surface area contributed by atoms with E-state index in [2.05, 4.69) is 4.90 Å². The lowest BCUT2D eigenvalue weighted by molar-refractivity contribution is 0.0691. The van der Waals surface area contributed by atoms with Crippen molar-refractivity contribution in [2.24, 2.45) is 5.92 Å². The van der Waals surface area contributed by atoms with Gasteiger partial charge in [-0.1, -0.05) is 23.2 Å². The van der Waals surface area contributed by atoms with Gasteiger partial charge in [-0.2, -0.15) is 0 Å². The molecule has 2 aromatic carbocycles. The Morgan fingerprint density at radius 3 is 2.35 bits per heavy atom. The third kappa shape index (κ3) is 5.91. The van der Waals surface area contributed by atoms with Gasteiger partial charge in [0, 0.05) is 22.7 Å². The molecule has 1 aliphatic heterocycles. The van der Waals surface area contributed by atoms with Crippen LogP contribution in [0.2, 0.25) is 10.0 Å². The van der Waals surface area contributed by atoms with Crippen LogP contribution in [-0.4, -0.2) is 35.7 Å². The Kier molecular flexibility index (Phi) is 7.05. The van der Waals surface area contributed by atoms with Crippen molar-refractivity contribution >= 4 is 29.2 Å². The SMILES string of the molecule is O=C(O)c1cc(C2CC2)c(OCCC2CCN(Cc3cc(Cl)cc(Cl)c3)CC2)cc1F. The van der Waals surface area contributed by atoms with Crippen molar-refractivity contribution in [3.8, 4) is 5.75 Å². The van der Waals surface area contributed by atoms with E-state index in [4.69, 9.17) is 27.9 Å². The summed E-state index contributed by atoms with van der Waals surface area (Å²) in [5.41, 5.74) is 1.68. The summed E-state index contributed by atoms with van der Waals surface area (Å²) in [6, 6.07) is 8.36. The molecular formula is C24H26Cl2FNO3. The first kappa shape index (κ1) is 22.4. The van der Waals surface area contributed by atoms with Crippen molar-refractivity contribution in [1.29, 1.82) is 0 Å². The van der Waals surface area contributed by atoms with Crippen LogP contribution in [-0.2, 0) is 6.54 Å². The number of carboxylic acid groups (broad SMARTS) is 1. The molecule has 2 fully saturated rings. The van der Waals surface area contributed by atoms with Crippen molar-refractivity contribution in [2.45, 2.75) is 44.6 Å². The van der Waals surface area contributed by atoms with E-state index in [1.165, 1.54) is 12.1 Å². The topological polar surface area (TPSA) is 49.8 Å². The van der Waals surface area contributed by atoms with E-state index in [9.17, 15) is 14.3 Å². The van der Waals surface area contributed by atoms with Crippen molar-refractivity contribution in [3.63, 3.8) is 0 Å². The van der Waals surface area contributed by atoms with Crippen molar-refractivity contribution in [2.75, 3.05) is 19.7 Å². The number of aromatic carboxylic acids is 1. The van der Waals surface area contributed by atoms with Crippen molar-refractivity contribution in [1.82, 2.24) is 4.90 Å². The highest BCUT2D eigenvalue weighted by Crippen LogP contribution is 2.45. The summed E-state index contributed by atoms with van der Waals surface area (Å²) in [7, 11) is 0. The maximum absolute atomic E-state index is 14.1. The third-order valence-corrected chi connectivity index (χ3v) is 6.60. The van der Waals surface area contributed by atoms with E-state index in [0.717, 1.165) is 62.9 Å². The molecule has 0 aromatic heterocycles. The van der Waals surface area contributed by atoms with Crippen LogP contribution in [0.5, 0.6) is 5.75 Å². The van der Waals surface area contributed by atoms with Crippen LogP contribution in [0.3, 0.4) is 0 Å². The van der Waals surface area contributed by atoms with Crippen LogP contribution >= 0.6 is 23.2 Å². The summed E-state index contributed by atoms with van der Waals surface area (Å²) in [5, 5.41) is 10.5. The first-order valence-electron chi connectivity index (χ1n) is 10.8. The second-order valence-corrected chi connectivity index (χ2v) is 9.46. The van der Waals surface area contributed by atoms with E-state index in [1.54, 1.807) is 6.07 Å². The number of benzene rings is 2. The summed E-state index contributed by atoms with van der Waals surface area (Å²) >= 11 is 12.2. The number of ether oxygens (including phenoxy) is 1. The van der Waals surface area contributed by atoms with Gasteiger partial charge in [-0.05, 0) is 92.4 Å². The average molecular weight is 466 g/mol. The number of hydrogen-bond acceptors (Lipinski definition) is 3. The molecule has 1 aliphatic carbocycles. The highest BCUT2D eigenvalue weighted by Gasteiger charge is 2.29. The minimum absolute atomic E-state index is 0.275. The van der Waals surface area contributed by atoms with Crippen LogP contribution in [0.15, 0.2) is 30.3 Å². The molecule has 1 heterocycles. The minimum atomic E-state index is -1.24. The quantitative estimate of drug-likeness (QED) is 0.490. The Morgan fingerprint density at radius 1 is 1.06 bits per heavy atom. The first-order valence-corrected chi connectivity index (χ1v) is 11.5. The highest BCUT2D eigenvalue weighted by atomic mass is 35.5. The third-order valence-electron chi connectivity index (χ3n) is 6.17. The van der Waals surface area contributed by atoms with Gasteiger partial charge in [-0.15, -0.1) is 0 Å². The lowest BCUT2D eigenvalue weighted by atomic mass is 9.93. The lowest BCUT2D eigenvalue weighted by Crippen LogP contribution is -2.33. The summed E-state index contributed by atoms with van der Waals surface area (Å²) in [4.78, 5) is 13.6. The number of carboxylic acids is 1. The van der Waals surface area contributed by atoms with E-state index >= 15 is 0 Å². The van der Waals surface area contributed by atoms with E-state index in [0.29, 0.717) is 28.3 Å². The molecule has 7 heteroatoms. The van der Waals surface area contributed by atoms with Crippen LogP contribution < -0.4 is 4.74 Å². The first-order chi connectivity index (χ1) is 14.9. The van der Waals surface area contributed by atoms with Crippen LogP contribution in [0.25, 0.3) is 0 Å². The average Bonchev–Trinajstić information content (AvgIpc) is 3.53. The van der Waals surface area contributed by atoms with Crippen molar-refractivity contribution in [3.05, 3.63) is 62.9 Å². The molecule has 1 saturated carbocycles. The molecule has 0 atom stereocenters. The molecule has 0 unspecified atom stereocenters. The molecule has 166 valence electrons. The van der Waals surface area contributed by atoms with Gasteiger partial charge in [0.25, 0.3) is 0 Å². The minimum Gasteiger partial charge on any atom is -0.493 e. The van der Waals surface area contributed by atoms with E-state index in [1.807, 2.05) is 12.1 Å². The van der Waals surface area contributed by atoms with Gasteiger partial charge in [0.1, 0.15) is 11.6 Å². The summed E-state index contributed by atoms with van der Waals surface area (Å²) in [6.07, 6.45) is 5.07. The molecule has 0 radical (unpaired) electrons. The monoisotopic (exact) mass is 465 g/mol. The molecule has 1 N–H and O–H groups in total. The lowest BCUT2D eigenvalue weighted by Gasteiger charge is -2.32. The second-order valence-electron chi connectivity index (χ2n) is 8.58. The number of hydrogen-bond donors (Lipinski definition) is 1. The summed E-state index contributed by atoms with van der Waals surface area (Å²) < 4.78 is 20.1. The number of likely N-dealkylation sites (tertiary alicyclic amines) is 1. The molecule has 4 rings (SSSR count). The van der Waals surface area contributed by atoms with Crippen LogP contribution in [0.4, 0.5) is 4.39 Å². The molecule has 0 bridgehead atoms. The van der Waals surface area contributed by atoms with Gasteiger partial charge in [-0.25, -0.2) is 9.18 Å². The van der Waals surface area contributed by atoms with Crippen LogP contribution in [0.1, 0.15) is 59.5 Å². The second kappa shape index (κ2) is 9.76. The standard InChI is InChI=1S/C24H26Cl2FNO3/c25-18-9-16(10-19(26)11-18)14-28-6-3-15(4-7-28)5-8-31-23-13-22(27)21(24(29)30)12-20(23)17-1-2-17/h9-13,15,17H,1-8,14H2,(H,29,30). The Hall–Kier alpha value is -1.82. The fraction of sp³-hybridized carbons (Fsp3) is 0.458. The number of halogens is 3. The van der Waals surface area contributed by atoms with E-state index < -0.39 is 11.8 Å². The summed E-state index contributed by atoms with van der Waals surface area (Å²) in [5.74, 6) is -0.622. The maximum Gasteiger partial charge on any atom is 0.338 e. The van der Waals surface area contributed by atoms with Crippen molar-refractivity contribution < 1.29 is 19.0 Å². The van der Waals surface area contributed by atoms with Gasteiger partial charge >= 0.3 is 5.97 Å². The summed E-state index contributed by atoms with van der Waals surface area (Å²) in [6.45, 7) is 3.36. The molecule has 0 spiro atoms. The van der Waals surface area contributed by atoms with Gasteiger partial charge in [-0.3, -0.25) is 4.90 Å². The Balaban J connectivity index is 1.27. The maximum atomic E-state index is 14.1. The zero-order chi connectivity index (χ0) is 22.0. The number of nitrogens with zero attached hydrogens (tertiary/aromatic N) is 1. The fourth-order valence-corrected chi connectivity index (χ4v) is 4.87. The predicted molar refractivity (Wildman–Crippen MR) is 120 cm³/mol. The molecule has 4 nitrogen and oxygen atoms in total. The molecule has 2 aliphatic rings. The van der Waals surface area contributed by atoms with Crippen LogP contribution in [0, 0.1) is 11.7 Å². The van der Waals surface area contributed by atoms with Gasteiger partial charge in [0.2, 0.25) is 0 Å². The highest BCUT2D eigenvalue weighted by molar-refractivity contribution is 6.34. The van der Waals surface area contributed by atoms with Gasteiger partial charge in [0.15, 0.2) is 0 Å². The largest absolute Gasteiger partial charge is 0.493 e. The van der Waals surface area contributed by atoms with Gasteiger partial charge < -0.3 is 9.84 Å². The normalized spacial score (nSPS) is 17.6. The smallest absolute Gasteiger partial charge is 0.338 e. The van der Waals surface area contributed by atoms with Gasteiger partial charge in [0.05, 0.1) is 12.2 Å². The number of rotatable bonds is 8. The molecule has 1 saturated heterocycles. The Labute approximate surface area is 191 Å². The Morgan fingerprint density at radius 2 is 1.74 bits per heavy atom. The zero-order valence-electron chi connectivity index (χ0n) is 17.3. The fourth-order valence-electron chi connectivity index (χ4n) is 4.30. The van der Waals surface area contributed by atoms with E-state index in [-0.39, 0.29) is 11.5 Å². The molecular weight excluding hydrogens is 440 g/mol. The molecule has 0 amide bonds. The number of carbonyl (C=O) groups is 1. The predicted octanol–water partition coefficient (Wildman–Crippen LogP) is 6.39. The molecule has 31 heavy (non-hydrogen) atoms. The number of piperidine rings is 1. The zero-order valence-corrected chi connectivity index (χ0v) is 18.8. The Bertz CT molecular complexity index is 936. The molecule has 2 aromatic rings.